The van der Waals surface area contributed by atoms with Crippen molar-refractivity contribution < 1.29 is 18.8 Å². The fourth-order valence-electron chi connectivity index (χ4n) is 1.63. The molecule has 120 valence electrons. The lowest BCUT2D eigenvalue weighted by atomic mass is 10.1. The van der Waals surface area contributed by atoms with Gasteiger partial charge in [-0.05, 0) is 38.1 Å². The van der Waals surface area contributed by atoms with Crippen molar-refractivity contribution >= 4 is 17.9 Å². The van der Waals surface area contributed by atoms with E-state index in [1.165, 1.54) is 0 Å². The predicted octanol–water partition coefficient (Wildman–Crippen LogP) is 2.39. The quantitative estimate of drug-likeness (QED) is 0.295. The van der Waals surface area contributed by atoms with E-state index in [-0.39, 0.29) is 5.54 Å². The van der Waals surface area contributed by atoms with E-state index in [1.54, 1.807) is 30.8 Å². The molecule has 0 spiro atoms. The molecule has 1 aromatic rings. The van der Waals surface area contributed by atoms with Crippen LogP contribution in [0.5, 0.6) is 5.75 Å². The molecule has 0 saturated heterocycles. The molecule has 21 heavy (non-hydrogen) atoms. The Hall–Kier alpha value is -1.03. The van der Waals surface area contributed by atoms with Gasteiger partial charge in [-0.25, -0.2) is 5.43 Å². The van der Waals surface area contributed by atoms with Crippen LogP contribution < -0.4 is 15.8 Å². The predicted molar refractivity (Wildman–Crippen MR) is 83.2 cm³/mol. The van der Waals surface area contributed by atoms with Gasteiger partial charge in [0.25, 0.3) is 0 Å². The molecule has 0 aliphatic carbocycles. The minimum Gasteiger partial charge on any atom is -0.383 e. The first-order valence-corrected chi connectivity index (χ1v) is 7.07. The number of methoxy groups -OCH3 is 1. The number of hydrogen-bond acceptors (Lipinski definition) is 8. The maximum absolute atomic E-state index is 5.17. The van der Waals surface area contributed by atoms with Crippen LogP contribution in [-0.2, 0) is 13.9 Å². The minimum atomic E-state index is -0.201. The Bertz CT molecular complexity index is 403. The van der Waals surface area contributed by atoms with Crippen molar-refractivity contribution in [1.82, 2.24) is 9.84 Å². The summed E-state index contributed by atoms with van der Waals surface area (Å²) in [6.45, 7) is 4.62. The fourth-order valence-corrected chi connectivity index (χ4v) is 2.12. The Morgan fingerprint density at radius 2 is 1.86 bits per heavy atom. The van der Waals surface area contributed by atoms with Gasteiger partial charge in [0.2, 0.25) is 0 Å². The van der Waals surface area contributed by atoms with Gasteiger partial charge in [-0.2, -0.15) is 4.41 Å². The Morgan fingerprint density at radius 1 is 1.19 bits per heavy atom. The number of hydrazine groups is 1. The van der Waals surface area contributed by atoms with E-state index >= 15 is 0 Å². The van der Waals surface area contributed by atoms with Crippen molar-refractivity contribution in [2.75, 3.05) is 33.4 Å². The summed E-state index contributed by atoms with van der Waals surface area (Å²) in [5.41, 5.74) is 6.55. The molecular weight excluding hydrogens is 294 g/mol. The molecule has 8 heteroatoms. The molecule has 0 atom stereocenters. The number of rotatable bonds is 10. The van der Waals surface area contributed by atoms with E-state index < -0.39 is 0 Å². The molecule has 0 aliphatic rings. The van der Waals surface area contributed by atoms with Gasteiger partial charge in [-0.3, -0.25) is 10.3 Å². The van der Waals surface area contributed by atoms with Crippen molar-refractivity contribution in [3.05, 3.63) is 24.3 Å². The van der Waals surface area contributed by atoms with Gasteiger partial charge in [-0.15, -0.1) is 0 Å². The van der Waals surface area contributed by atoms with E-state index in [0.29, 0.717) is 12.4 Å². The summed E-state index contributed by atoms with van der Waals surface area (Å²) in [5, 5.41) is 0. The summed E-state index contributed by atoms with van der Waals surface area (Å²) in [4.78, 5) is 9.96. The second-order valence-corrected chi connectivity index (χ2v) is 5.82. The molecule has 1 rings (SSSR count). The van der Waals surface area contributed by atoms with Gasteiger partial charge in [-0.1, -0.05) is 4.33 Å². The summed E-state index contributed by atoms with van der Waals surface area (Å²) >= 11 is 1.04. The molecule has 0 aliphatic heterocycles. The number of ether oxygens (including phenoxy) is 1. The Kier molecular flexibility index (Phi) is 7.79. The lowest BCUT2D eigenvalue weighted by Gasteiger charge is -2.29. The zero-order valence-electron chi connectivity index (χ0n) is 13.0. The molecule has 0 amide bonds. The smallest absolute Gasteiger partial charge is 0.166 e. The maximum atomic E-state index is 5.17. The van der Waals surface area contributed by atoms with E-state index in [2.05, 4.69) is 10.9 Å². The lowest BCUT2D eigenvalue weighted by Crippen LogP contribution is -2.49. The molecule has 1 aromatic carbocycles. The van der Waals surface area contributed by atoms with Gasteiger partial charge < -0.3 is 9.62 Å². The van der Waals surface area contributed by atoms with E-state index in [1.807, 2.05) is 33.0 Å². The summed E-state index contributed by atoms with van der Waals surface area (Å²) in [6, 6.07) is 7.17. The van der Waals surface area contributed by atoms with Crippen LogP contribution in [0.1, 0.15) is 13.8 Å². The number of benzene rings is 1. The van der Waals surface area contributed by atoms with Crippen LogP contribution in [0.4, 0.5) is 5.69 Å². The van der Waals surface area contributed by atoms with E-state index in [0.717, 1.165) is 17.9 Å². The van der Waals surface area contributed by atoms with Gasteiger partial charge in [0.15, 0.2) is 5.75 Å². The van der Waals surface area contributed by atoms with Crippen molar-refractivity contribution in [3.63, 3.8) is 0 Å². The molecule has 0 radical (unpaired) electrons. The normalized spacial score (nSPS) is 11.7. The third-order valence-corrected chi connectivity index (χ3v) is 2.76. The molecule has 0 fully saturated rings. The van der Waals surface area contributed by atoms with Crippen LogP contribution in [0.15, 0.2) is 24.3 Å². The van der Waals surface area contributed by atoms with Crippen molar-refractivity contribution in [3.8, 4) is 5.75 Å². The van der Waals surface area contributed by atoms with Gasteiger partial charge in [0, 0.05) is 14.2 Å². The van der Waals surface area contributed by atoms with Crippen molar-refractivity contribution in [1.29, 1.82) is 0 Å². The fraction of sp³-hybridized carbons (Fsp3) is 0.538. The summed E-state index contributed by atoms with van der Waals surface area (Å²) < 4.78 is 11.9. The first-order chi connectivity index (χ1) is 9.96. The van der Waals surface area contributed by atoms with E-state index in [4.69, 9.17) is 18.8 Å². The monoisotopic (exact) mass is 317 g/mol. The van der Waals surface area contributed by atoms with Crippen LogP contribution in [-0.4, -0.2) is 37.8 Å². The van der Waals surface area contributed by atoms with Gasteiger partial charge in [0.1, 0.15) is 12.2 Å². The second kappa shape index (κ2) is 9.08. The lowest BCUT2D eigenvalue weighted by molar-refractivity contribution is -0.0839. The summed E-state index contributed by atoms with van der Waals surface area (Å²) in [7, 11) is 5.05. The highest BCUT2D eigenvalue weighted by Gasteiger charge is 2.19. The Morgan fingerprint density at radius 3 is 2.43 bits per heavy atom. The first-order valence-electron chi connectivity index (χ1n) is 6.38. The molecule has 7 nitrogen and oxygen atoms in total. The molecule has 0 bridgehead atoms. The molecule has 2 N–H and O–H groups in total. The highest BCUT2D eigenvalue weighted by molar-refractivity contribution is 7.92. The van der Waals surface area contributed by atoms with Crippen LogP contribution >= 0.6 is 12.2 Å². The van der Waals surface area contributed by atoms with Crippen molar-refractivity contribution in [2.24, 2.45) is 0 Å². The molecule has 0 unspecified atom stereocenters. The van der Waals surface area contributed by atoms with Crippen LogP contribution in [0.3, 0.4) is 0 Å². The third kappa shape index (κ3) is 7.51. The van der Waals surface area contributed by atoms with Gasteiger partial charge in [0.05, 0.1) is 24.9 Å². The standard InChI is InChI=1S/C13H23N3O4S/c1-13(2,10-17-4)15-16(3)21-20-19-12-8-6-11(7-9-12)14-18-5/h6-9,14-15H,10H2,1-5H3. The molecular formula is C13H23N3O4S. The first kappa shape index (κ1) is 18.0. The number of anilines is 1. The van der Waals surface area contributed by atoms with Crippen LogP contribution in [0.25, 0.3) is 0 Å². The Labute approximate surface area is 130 Å². The highest BCUT2D eigenvalue weighted by atomic mass is 32.2. The van der Waals surface area contributed by atoms with Crippen LogP contribution in [0.2, 0.25) is 0 Å². The number of nitrogens with zero attached hydrogens (tertiary/aromatic N) is 1. The van der Waals surface area contributed by atoms with Crippen molar-refractivity contribution in [2.45, 2.75) is 19.4 Å². The highest BCUT2D eigenvalue weighted by Crippen LogP contribution is 2.18. The largest absolute Gasteiger partial charge is 0.383 e. The van der Waals surface area contributed by atoms with Gasteiger partial charge >= 0.3 is 0 Å². The number of hydrogen-bond donors (Lipinski definition) is 2. The Balaban J connectivity index is 2.29. The zero-order valence-corrected chi connectivity index (χ0v) is 13.8. The number of nitrogens with one attached hydrogen (secondary N) is 2. The molecule has 0 saturated carbocycles. The zero-order chi connectivity index (χ0) is 15.7. The molecule has 0 heterocycles. The molecule has 0 aromatic heterocycles. The average molecular weight is 317 g/mol. The topological polar surface area (TPSA) is 64.2 Å². The SMILES string of the molecule is COCC(C)(C)NN(C)SOOc1ccc(NOC)cc1. The average Bonchev–Trinajstić information content (AvgIpc) is 2.40. The summed E-state index contributed by atoms with van der Waals surface area (Å²) in [5.74, 6) is 0.591. The summed E-state index contributed by atoms with van der Waals surface area (Å²) in [6.07, 6.45) is 0. The minimum absolute atomic E-state index is 0.201. The van der Waals surface area contributed by atoms with E-state index in [9.17, 15) is 0 Å². The third-order valence-electron chi connectivity index (χ3n) is 2.31. The second-order valence-electron chi connectivity index (χ2n) is 4.98. The maximum Gasteiger partial charge on any atom is 0.166 e. The van der Waals surface area contributed by atoms with Crippen LogP contribution in [0, 0.1) is 0 Å².